The molecule has 0 saturated carbocycles. The fraction of sp³-hybridized carbons (Fsp3) is 0.379. The van der Waals surface area contributed by atoms with Crippen molar-refractivity contribution in [2.75, 3.05) is 33.2 Å². The number of fused-ring (bicyclic) bond motifs is 1. The lowest BCUT2D eigenvalue weighted by Crippen LogP contribution is -2.52. The standard InChI is InChI=1S/C29H34N4O2/c1-20-21(2)30(3)19-25(20)27-26(23-12-8-9-13-24(23)28(34)31(27)4)29(35)33-16-14-32(15-17-33)18-22-10-6-5-7-11-22/h5-13,19,26-27H,14-18H2,1-4H3. The van der Waals surface area contributed by atoms with Gasteiger partial charge in [-0.15, -0.1) is 0 Å². The van der Waals surface area contributed by atoms with E-state index in [0.29, 0.717) is 18.7 Å². The molecule has 0 N–H and O–H groups in total. The number of aromatic nitrogens is 1. The number of amides is 2. The van der Waals surface area contributed by atoms with E-state index in [1.807, 2.05) is 49.3 Å². The van der Waals surface area contributed by atoms with Crippen molar-refractivity contribution in [1.82, 2.24) is 19.3 Å². The van der Waals surface area contributed by atoms with Gasteiger partial charge in [0.1, 0.15) is 0 Å². The summed E-state index contributed by atoms with van der Waals surface area (Å²) >= 11 is 0. The Kier molecular flexibility index (Phi) is 6.24. The minimum atomic E-state index is -0.421. The highest BCUT2D eigenvalue weighted by Crippen LogP contribution is 2.44. The topological polar surface area (TPSA) is 48.8 Å². The number of nitrogens with zero attached hydrogens (tertiary/aromatic N) is 4. The predicted octanol–water partition coefficient (Wildman–Crippen LogP) is 3.90. The van der Waals surface area contributed by atoms with E-state index in [1.54, 1.807) is 4.90 Å². The van der Waals surface area contributed by atoms with E-state index in [9.17, 15) is 9.59 Å². The van der Waals surface area contributed by atoms with Crippen LogP contribution in [0.25, 0.3) is 0 Å². The number of carbonyl (C=O) groups is 2. The monoisotopic (exact) mass is 470 g/mol. The number of aryl methyl sites for hydroxylation is 1. The first-order chi connectivity index (χ1) is 16.9. The number of hydrogen-bond acceptors (Lipinski definition) is 3. The number of benzene rings is 2. The van der Waals surface area contributed by atoms with Crippen LogP contribution in [-0.2, 0) is 18.4 Å². The molecule has 182 valence electrons. The average molecular weight is 471 g/mol. The van der Waals surface area contributed by atoms with E-state index >= 15 is 0 Å². The van der Waals surface area contributed by atoms with Crippen LogP contribution in [0.1, 0.15) is 50.3 Å². The lowest BCUT2D eigenvalue weighted by atomic mass is 9.78. The Hall–Kier alpha value is -3.38. The van der Waals surface area contributed by atoms with Gasteiger partial charge in [0.25, 0.3) is 5.91 Å². The molecule has 3 heterocycles. The van der Waals surface area contributed by atoms with Gasteiger partial charge in [-0.05, 0) is 42.2 Å². The third-order valence-electron chi connectivity index (χ3n) is 7.93. The fourth-order valence-electron chi connectivity index (χ4n) is 5.67. The van der Waals surface area contributed by atoms with Gasteiger partial charge in [-0.1, -0.05) is 48.5 Å². The maximum atomic E-state index is 14.2. The zero-order valence-corrected chi connectivity index (χ0v) is 21.1. The second-order valence-electron chi connectivity index (χ2n) is 9.92. The van der Waals surface area contributed by atoms with E-state index < -0.39 is 5.92 Å². The van der Waals surface area contributed by atoms with Gasteiger partial charge in [0, 0.05) is 64.3 Å². The number of hydrogen-bond donors (Lipinski definition) is 0. The van der Waals surface area contributed by atoms with E-state index in [-0.39, 0.29) is 17.9 Å². The molecule has 6 heteroatoms. The van der Waals surface area contributed by atoms with Gasteiger partial charge in [-0.2, -0.15) is 0 Å². The predicted molar refractivity (Wildman–Crippen MR) is 137 cm³/mol. The molecule has 2 aromatic carbocycles. The molecule has 1 fully saturated rings. The molecule has 0 radical (unpaired) electrons. The van der Waals surface area contributed by atoms with Crippen LogP contribution in [-0.4, -0.2) is 64.3 Å². The summed E-state index contributed by atoms with van der Waals surface area (Å²) in [6.45, 7) is 8.16. The first kappa shape index (κ1) is 23.4. The Morgan fingerprint density at radius 2 is 1.54 bits per heavy atom. The maximum absolute atomic E-state index is 14.2. The van der Waals surface area contributed by atoms with Crippen molar-refractivity contribution in [2.45, 2.75) is 32.4 Å². The highest BCUT2D eigenvalue weighted by molar-refractivity contribution is 6.01. The van der Waals surface area contributed by atoms with Crippen molar-refractivity contribution in [3.8, 4) is 0 Å². The van der Waals surface area contributed by atoms with Crippen LogP contribution >= 0.6 is 0 Å². The summed E-state index contributed by atoms with van der Waals surface area (Å²) in [7, 11) is 3.86. The Morgan fingerprint density at radius 3 is 2.20 bits per heavy atom. The summed E-state index contributed by atoms with van der Waals surface area (Å²) in [6.07, 6.45) is 2.09. The molecule has 6 nitrogen and oxygen atoms in total. The van der Waals surface area contributed by atoms with Crippen LogP contribution in [0.15, 0.2) is 60.8 Å². The molecule has 2 aliphatic rings. The van der Waals surface area contributed by atoms with Gasteiger partial charge >= 0.3 is 0 Å². The van der Waals surface area contributed by atoms with E-state index in [1.165, 1.54) is 5.56 Å². The molecule has 2 atom stereocenters. The minimum Gasteiger partial charge on any atom is -0.354 e. The molecule has 0 aliphatic carbocycles. The van der Waals surface area contributed by atoms with Crippen LogP contribution in [0, 0.1) is 13.8 Å². The van der Waals surface area contributed by atoms with Gasteiger partial charge < -0.3 is 14.4 Å². The van der Waals surface area contributed by atoms with Crippen LogP contribution in [0.2, 0.25) is 0 Å². The largest absolute Gasteiger partial charge is 0.354 e. The molecule has 3 aromatic rings. The van der Waals surface area contributed by atoms with Crippen LogP contribution in [0.4, 0.5) is 0 Å². The molecule has 2 amide bonds. The molecule has 2 aliphatic heterocycles. The number of carbonyl (C=O) groups excluding carboxylic acids is 2. The lowest BCUT2D eigenvalue weighted by molar-refractivity contribution is -0.136. The molecule has 1 aromatic heterocycles. The zero-order chi connectivity index (χ0) is 24.7. The van der Waals surface area contributed by atoms with E-state index in [2.05, 4.69) is 53.8 Å². The normalized spacial score (nSPS) is 20.7. The van der Waals surface area contributed by atoms with Gasteiger partial charge in [0.15, 0.2) is 0 Å². The minimum absolute atomic E-state index is 0.0248. The van der Waals surface area contributed by atoms with Gasteiger partial charge in [-0.3, -0.25) is 14.5 Å². The Morgan fingerprint density at radius 1 is 0.886 bits per heavy atom. The molecule has 1 saturated heterocycles. The first-order valence-electron chi connectivity index (χ1n) is 12.4. The van der Waals surface area contributed by atoms with Crippen molar-refractivity contribution in [3.05, 3.63) is 94.3 Å². The van der Waals surface area contributed by atoms with Crippen molar-refractivity contribution in [2.24, 2.45) is 7.05 Å². The van der Waals surface area contributed by atoms with Crippen LogP contribution in [0.3, 0.4) is 0 Å². The van der Waals surface area contributed by atoms with E-state index in [0.717, 1.165) is 42.0 Å². The average Bonchev–Trinajstić information content (AvgIpc) is 3.13. The van der Waals surface area contributed by atoms with Gasteiger partial charge in [0.05, 0.1) is 12.0 Å². The van der Waals surface area contributed by atoms with Crippen molar-refractivity contribution >= 4 is 11.8 Å². The lowest BCUT2D eigenvalue weighted by Gasteiger charge is -2.43. The molecule has 5 rings (SSSR count). The van der Waals surface area contributed by atoms with Crippen LogP contribution < -0.4 is 0 Å². The van der Waals surface area contributed by atoms with E-state index in [4.69, 9.17) is 0 Å². The maximum Gasteiger partial charge on any atom is 0.254 e. The SMILES string of the molecule is Cc1c(C2C(C(=O)N3CCN(Cc4ccccc4)CC3)c3ccccc3C(=O)N2C)cn(C)c1C. The quantitative estimate of drug-likeness (QED) is 0.581. The molecular weight excluding hydrogens is 436 g/mol. The number of likely N-dealkylation sites (N-methyl/N-ethyl adjacent to an activating group) is 1. The third-order valence-corrected chi connectivity index (χ3v) is 7.93. The summed E-state index contributed by atoms with van der Waals surface area (Å²) in [4.78, 5) is 33.7. The second kappa shape index (κ2) is 9.34. The summed E-state index contributed by atoms with van der Waals surface area (Å²) in [5.41, 5.74) is 6.12. The Balaban J connectivity index is 1.44. The van der Waals surface area contributed by atoms with Gasteiger partial charge in [0.2, 0.25) is 5.91 Å². The smallest absolute Gasteiger partial charge is 0.254 e. The number of rotatable bonds is 4. The third kappa shape index (κ3) is 4.16. The summed E-state index contributed by atoms with van der Waals surface area (Å²) < 4.78 is 2.09. The molecular formula is C29H34N4O2. The van der Waals surface area contributed by atoms with Crippen LogP contribution in [0.5, 0.6) is 0 Å². The fourth-order valence-corrected chi connectivity index (χ4v) is 5.67. The Labute approximate surface area is 207 Å². The zero-order valence-electron chi connectivity index (χ0n) is 21.1. The van der Waals surface area contributed by atoms with Crippen molar-refractivity contribution < 1.29 is 9.59 Å². The number of piperazine rings is 1. The highest BCUT2D eigenvalue weighted by atomic mass is 16.2. The van der Waals surface area contributed by atoms with Crippen molar-refractivity contribution in [1.29, 1.82) is 0 Å². The van der Waals surface area contributed by atoms with Gasteiger partial charge in [-0.25, -0.2) is 0 Å². The Bertz CT molecular complexity index is 1240. The molecule has 35 heavy (non-hydrogen) atoms. The highest BCUT2D eigenvalue weighted by Gasteiger charge is 2.45. The second-order valence-corrected chi connectivity index (χ2v) is 9.92. The molecule has 2 unspecified atom stereocenters. The molecule has 0 bridgehead atoms. The van der Waals surface area contributed by atoms with Crippen molar-refractivity contribution in [3.63, 3.8) is 0 Å². The molecule has 0 spiro atoms. The first-order valence-corrected chi connectivity index (χ1v) is 12.4. The summed E-state index contributed by atoms with van der Waals surface area (Å²) in [5, 5.41) is 0. The summed E-state index contributed by atoms with van der Waals surface area (Å²) in [5.74, 6) is -0.333. The summed E-state index contributed by atoms with van der Waals surface area (Å²) in [6, 6.07) is 17.8.